The van der Waals surface area contributed by atoms with E-state index in [4.69, 9.17) is 9.47 Å². The van der Waals surface area contributed by atoms with Crippen molar-refractivity contribution in [1.82, 2.24) is 15.1 Å². The molecule has 1 rings (SSSR count). The molecule has 0 aromatic rings. The van der Waals surface area contributed by atoms with Crippen LogP contribution in [0.2, 0.25) is 0 Å². The van der Waals surface area contributed by atoms with Gasteiger partial charge >= 0.3 is 0 Å². The lowest BCUT2D eigenvalue weighted by Crippen LogP contribution is -2.50. The summed E-state index contributed by atoms with van der Waals surface area (Å²) in [6, 6.07) is 0. The van der Waals surface area contributed by atoms with Crippen LogP contribution in [0.1, 0.15) is 6.92 Å². The smallest absolute Gasteiger partial charge is 0.234 e. The Balaban J connectivity index is 2.03. The molecule has 1 aliphatic heterocycles. The van der Waals surface area contributed by atoms with Gasteiger partial charge in [-0.05, 0) is 6.92 Å². The highest BCUT2D eigenvalue weighted by molar-refractivity contribution is 5.77. The van der Waals surface area contributed by atoms with Gasteiger partial charge in [0.2, 0.25) is 5.91 Å². The van der Waals surface area contributed by atoms with Gasteiger partial charge in [0.05, 0.1) is 26.4 Å². The summed E-state index contributed by atoms with van der Waals surface area (Å²) >= 11 is 0. The molecule has 0 atom stereocenters. The number of carbonyl (C=O) groups is 1. The number of carbonyl (C=O) groups excluding carboxylic acids is 1. The molecular weight excluding hydrogens is 246 g/mol. The van der Waals surface area contributed by atoms with Crippen molar-refractivity contribution >= 4 is 5.91 Å². The molecule has 1 heterocycles. The largest absolute Gasteiger partial charge is 0.382 e. The molecule has 112 valence electrons. The highest BCUT2D eigenvalue weighted by Gasteiger charge is 2.18. The van der Waals surface area contributed by atoms with Gasteiger partial charge in [-0.25, -0.2) is 0 Å². The molecule has 0 aromatic carbocycles. The van der Waals surface area contributed by atoms with Gasteiger partial charge in [0.15, 0.2) is 0 Å². The molecule has 1 fully saturated rings. The van der Waals surface area contributed by atoms with Gasteiger partial charge in [0.25, 0.3) is 0 Å². The van der Waals surface area contributed by atoms with Crippen molar-refractivity contribution in [3.05, 3.63) is 0 Å². The second-order valence-electron chi connectivity index (χ2n) is 4.68. The predicted octanol–water partition coefficient (Wildman–Crippen LogP) is -0.597. The van der Waals surface area contributed by atoms with Crippen LogP contribution in [0.5, 0.6) is 0 Å². The lowest BCUT2D eigenvalue weighted by atomic mass is 10.3. The van der Waals surface area contributed by atoms with Crippen molar-refractivity contribution in [3.63, 3.8) is 0 Å². The van der Waals surface area contributed by atoms with Crippen LogP contribution >= 0.6 is 0 Å². The lowest BCUT2D eigenvalue weighted by molar-refractivity contribution is -0.122. The summed E-state index contributed by atoms with van der Waals surface area (Å²) in [6.45, 7) is 10.1. The van der Waals surface area contributed by atoms with Gasteiger partial charge in [-0.15, -0.1) is 0 Å². The second kappa shape index (κ2) is 10.1. The van der Waals surface area contributed by atoms with E-state index >= 15 is 0 Å². The van der Waals surface area contributed by atoms with E-state index in [9.17, 15) is 4.79 Å². The molecule has 0 saturated carbocycles. The summed E-state index contributed by atoms with van der Waals surface area (Å²) in [4.78, 5) is 16.0. The minimum atomic E-state index is 0.124. The lowest BCUT2D eigenvalue weighted by Gasteiger charge is -2.34. The number of amides is 1. The maximum atomic E-state index is 11.5. The van der Waals surface area contributed by atoms with Gasteiger partial charge in [-0.1, -0.05) is 0 Å². The Morgan fingerprint density at radius 2 is 1.79 bits per heavy atom. The second-order valence-corrected chi connectivity index (χ2v) is 4.68. The predicted molar refractivity (Wildman–Crippen MR) is 74.3 cm³/mol. The Morgan fingerprint density at radius 3 is 2.42 bits per heavy atom. The Morgan fingerprint density at radius 1 is 1.11 bits per heavy atom. The minimum absolute atomic E-state index is 0.124. The number of nitrogens with one attached hydrogen (secondary N) is 1. The Kier molecular flexibility index (Phi) is 8.73. The molecule has 0 bridgehead atoms. The van der Waals surface area contributed by atoms with E-state index in [0.29, 0.717) is 26.3 Å². The molecule has 0 radical (unpaired) electrons. The van der Waals surface area contributed by atoms with Gasteiger partial charge in [0.1, 0.15) is 0 Å². The van der Waals surface area contributed by atoms with Crippen molar-refractivity contribution < 1.29 is 14.3 Å². The zero-order valence-electron chi connectivity index (χ0n) is 12.2. The van der Waals surface area contributed by atoms with Crippen LogP contribution in [0, 0.1) is 0 Å². The Bertz CT molecular complexity index is 243. The third-order valence-corrected chi connectivity index (χ3v) is 3.19. The van der Waals surface area contributed by atoms with Crippen molar-refractivity contribution in [3.8, 4) is 0 Å². The first kappa shape index (κ1) is 16.4. The van der Waals surface area contributed by atoms with E-state index in [-0.39, 0.29) is 5.91 Å². The third-order valence-electron chi connectivity index (χ3n) is 3.19. The normalized spacial score (nSPS) is 17.6. The molecule has 0 spiro atoms. The fourth-order valence-corrected chi connectivity index (χ4v) is 2.07. The summed E-state index contributed by atoms with van der Waals surface area (Å²) in [6.07, 6.45) is 0. The van der Waals surface area contributed by atoms with Crippen LogP contribution in [0.15, 0.2) is 0 Å². The van der Waals surface area contributed by atoms with Crippen molar-refractivity contribution in [2.45, 2.75) is 6.92 Å². The number of hydrogen-bond acceptors (Lipinski definition) is 5. The van der Waals surface area contributed by atoms with Crippen LogP contribution in [-0.2, 0) is 14.3 Å². The van der Waals surface area contributed by atoms with Crippen LogP contribution in [-0.4, -0.2) is 88.5 Å². The maximum absolute atomic E-state index is 11.5. The molecular formula is C13H27N3O3. The van der Waals surface area contributed by atoms with E-state index in [1.54, 1.807) is 7.11 Å². The molecule has 19 heavy (non-hydrogen) atoms. The summed E-state index contributed by atoms with van der Waals surface area (Å²) in [7, 11) is 1.68. The first-order chi connectivity index (χ1) is 9.26. The topological polar surface area (TPSA) is 54.0 Å². The van der Waals surface area contributed by atoms with Crippen molar-refractivity contribution in [2.24, 2.45) is 0 Å². The fourth-order valence-electron chi connectivity index (χ4n) is 2.07. The quantitative estimate of drug-likeness (QED) is 0.569. The molecule has 1 amide bonds. The minimum Gasteiger partial charge on any atom is -0.382 e. The van der Waals surface area contributed by atoms with Crippen molar-refractivity contribution in [2.75, 3.05) is 72.7 Å². The van der Waals surface area contributed by atoms with Gasteiger partial charge in [0, 0.05) is 46.4 Å². The summed E-state index contributed by atoms with van der Waals surface area (Å²) in [5.41, 5.74) is 0. The van der Waals surface area contributed by atoms with E-state index in [0.717, 1.165) is 39.3 Å². The van der Waals surface area contributed by atoms with E-state index < -0.39 is 0 Å². The van der Waals surface area contributed by atoms with Crippen LogP contribution in [0.25, 0.3) is 0 Å². The number of ether oxygens (including phenoxy) is 2. The third kappa shape index (κ3) is 7.47. The van der Waals surface area contributed by atoms with E-state index in [2.05, 4.69) is 15.1 Å². The number of methoxy groups -OCH3 is 1. The van der Waals surface area contributed by atoms with Gasteiger partial charge in [-0.3, -0.25) is 14.6 Å². The summed E-state index contributed by atoms with van der Waals surface area (Å²) in [5.74, 6) is 0.124. The molecule has 1 N–H and O–H groups in total. The molecule has 0 unspecified atom stereocenters. The Hall–Kier alpha value is -0.690. The highest BCUT2D eigenvalue weighted by Crippen LogP contribution is 2.00. The standard InChI is InChI=1S/C13H27N3O3/c1-3-14-13(17)12-16-6-4-15(5-7-16)8-9-19-11-10-18-2/h3-12H2,1-2H3,(H,14,17). The van der Waals surface area contributed by atoms with Gasteiger partial charge < -0.3 is 14.8 Å². The van der Waals surface area contributed by atoms with E-state index in [1.165, 1.54) is 0 Å². The highest BCUT2D eigenvalue weighted by atomic mass is 16.5. The molecule has 1 aliphatic rings. The van der Waals surface area contributed by atoms with E-state index in [1.807, 2.05) is 6.92 Å². The fraction of sp³-hybridized carbons (Fsp3) is 0.923. The van der Waals surface area contributed by atoms with Gasteiger partial charge in [-0.2, -0.15) is 0 Å². The summed E-state index contributed by atoms with van der Waals surface area (Å²) in [5, 5.41) is 2.83. The number of piperazine rings is 1. The van der Waals surface area contributed by atoms with Crippen LogP contribution < -0.4 is 5.32 Å². The summed E-state index contributed by atoms with van der Waals surface area (Å²) < 4.78 is 10.4. The molecule has 6 nitrogen and oxygen atoms in total. The average Bonchev–Trinajstić information content (AvgIpc) is 2.41. The first-order valence-electron chi connectivity index (χ1n) is 7.04. The molecule has 0 aromatic heterocycles. The molecule has 1 saturated heterocycles. The molecule has 0 aliphatic carbocycles. The zero-order chi connectivity index (χ0) is 13.9. The SMILES string of the molecule is CCNC(=O)CN1CCN(CCOCCOC)CC1. The average molecular weight is 273 g/mol. The van der Waals surface area contributed by atoms with Crippen LogP contribution in [0.4, 0.5) is 0 Å². The number of rotatable bonds is 9. The van der Waals surface area contributed by atoms with Crippen molar-refractivity contribution in [1.29, 1.82) is 0 Å². The molecule has 6 heteroatoms. The number of nitrogens with zero attached hydrogens (tertiary/aromatic N) is 2. The number of likely N-dealkylation sites (N-methyl/N-ethyl adjacent to an activating group) is 1. The zero-order valence-corrected chi connectivity index (χ0v) is 12.2. The number of hydrogen-bond donors (Lipinski definition) is 1. The Labute approximate surface area is 116 Å². The van der Waals surface area contributed by atoms with Crippen LogP contribution in [0.3, 0.4) is 0 Å². The first-order valence-corrected chi connectivity index (χ1v) is 7.04. The monoisotopic (exact) mass is 273 g/mol. The maximum Gasteiger partial charge on any atom is 0.234 e.